The molecule has 68 valence electrons. The summed E-state index contributed by atoms with van der Waals surface area (Å²) in [6.45, 7) is 7.42. The van der Waals surface area contributed by atoms with E-state index in [0.717, 1.165) is 0 Å². The number of Topliss-reactive ketones (excluding diaryl/α,β-unsaturated/α-hetero) is 2. The Balaban J connectivity index is 2.91. The van der Waals surface area contributed by atoms with Crippen LogP contribution in [0.15, 0.2) is 0 Å². The minimum atomic E-state index is -0.0799. The largest absolute Gasteiger partial charge is 0.299 e. The Labute approximate surface area is 73.3 Å². The average Bonchev–Trinajstić information content (AvgIpc) is 2.08. The third-order valence-electron chi connectivity index (χ3n) is 3.30. The Kier molecular flexibility index (Phi) is 2.36. The van der Waals surface area contributed by atoms with Gasteiger partial charge >= 0.3 is 0 Å². The van der Waals surface area contributed by atoms with E-state index in [1.165, 1.54) is 0 Å². The van der Waals surface area contributed by atoms with Crippen molar-refractivity contribution in [2.24, 2.45) is 23.7 Å². The van der Waals surface area contributed by atoms with Gasteiger partial charge in [0.1, 0.15) is 11.6 Å². The molecule has 0 radical (unpaired) electrons. The first-order chi connectivity index (χ1) is 5.46. The fourth-order valence-corrected chi connectivity index (χ4v) is 1.81. The third kappa shape index (κ3) is 1.19. The fourth-order valence-electron chi connectivity index (χ4n) is 1.81. The number of carbonyl (C=O) groups is 2. The third-order valence-corrected chi connectivity index (χ3v) is 3.30. The summed E-state index contributed by atoms with van der Waals surface area (Å²) in [5.74, 6) is 0.170. The molecule has 2 nitrogen and oxygen atoms in total. The molecule has 0 spiro atoms. The summed E-state index contributed by atoms with van der Waals surface area (Å²) in [7, 11) is 0. The predicted molar refractivity (Wildman–Crippen MR) is 46.7 cm³/mol. The van der Waals surface area contributed by atoms with E-state index in [0.29, 0.717) is 0 Å². The molecule has 0 aromatic heterocycles. The van der Waals surface area contributed by atoms with Crippen molar-refractivity contribution in [3.8, 4) is 0 Å². The van der Waals surface area contributed by atoms with Crippen LogP contribution in [-0.2, 0) is 9.59 Å². The van der Waals surface area contributed by atoms with Crippen molar-refractivity contribution in [1.82, 2.24) is 0 Å². The number of rotatable bonds is 0. The molecule has 12 heavy (non-hydrogen) atoms. The van der Waals surface area contributed by atoms with Gasteiger partial charge in [0.2, 0.25) is 0 Å². The van der Waals surface area contributed by atoms with Gasteiger partial charge in [0.25, 0.3) is 0 Å². The van der Waals surface area contributed by atoms with Crippen LogP contribution in [0.5, 0.6) is 0 Å². The summed E-state index contributed by atoms with van der Waals surface area (Å²) >= 11 is 0. The highest BCUT2D eigenvalue weighted by Gasteiger charge is 2.40. The standard InChI is InChI=1S/C10H16O2/c1-5-6(2)10(12)8(4)7(3)9(5)11/h5-8H,1-4H3. The molecule has 2 heteroatoms. The maximum Gasteiger partial charge on any atom is 0.139 e. The van der Waals surface area contributed by atoms with Crippen LogP contribution in [0.4, 0.5) is 0 Å². The van der Waals surface area contributed by atoms with Gasteiger partial charge < -0.3 is 0 Å². The van der Waals surface area contributed by atoms with Crippen LogP contribution in [-0.4, -0.2) is 11.6 Å². The van der Waals surface area contributed by atoms with Crippen LogP contribution in [0.2, 0.25) is 0 Å². The number of ketones is 2. The molecule has 4 atom stereocenters. The van der Waals surface area contributed by atoms with Gasteiger partial charge in [-0.3, -0.25) is 9.59 Å². The number of hydrogen-bond acceptors (Lipinski definition) is 2. The van der Waals surface area contributed by atoms with Gasteiger partial charge in [0.15, 0.2) is 0 Å². The smallest absolute Gasteiger partial charge is 0.139 e. The van der Waals surface area contributed by atoms with Crippen molar-refractivity contribution < 1.29 is 9.59 Å². The molecule has 1 aliphatic carbocycles. The van der Waals surface area contributed by atoms with Crippen LogP contribution in [0.3, 0.4) is 0 Å². The lowest BCUT2D eigenvalue weighted by atomic mass is 9.69. The van der Waals surface area contributed by atoms with Crippen LogP contribution < -0.4 is 0 Å². The minimum absolute atomic E-state index is 0.0799. The van der Waals surface area contributed by atoms with Gasteiger partial charge in [-0.15, -0.1) is 0 Å². The Morgan fingerprint density at radius 2 is 0.833 bits per heavy atom. The lowest BCUT2D eigenvalue weighted by Crippen LogP contribution is -2.42. The lowest BCUT2D eigenvalue weighted by Gasteiger charge is -2.32. The predicted octanol–water partition coefficient (Wildman–Crippen LogP) is 1.68. The van der Waals surface area contributed by atoms with Crippen molar-refractivity contribution in [3.05, 3.63) is 0 Å². The maximum absolute atomic E-state index is 11.5. The number of hydrogen-bond donors (Lipinski definition) is 0. The summed E-state index contributed by atoms with van der Waals surface area (Å²) in [6.07, 6.45) is 0. The molecule has 1 fully saturated rings. The second kappa shape index (κ2) is 3.00. The van der Waals surface area contributed by atoms with E-state index in [-0.39, 0.29) is 35.2 Å². The zero-order valence-electron chi connectivity index (χ0n) is 8.13. The first-order valence-corrected chi connectivity index (χ1v) is 4.54. The van der Waals surface area contributed by atoms with E-state index >= 15 is 0 Å². The van der Waals surface area contributed by atoms with Gasteiger partial charge in [0, 0.05) is 23.7 Å². The molecule has 0 aromatic carbocycles. The molecule has 0 saturated heterocycles. The Morgan fingerprint density at radius 3 is 1.00 bits per heavy atom. The summed E-state index contributed by atoms with van der Waals surface area (Å²) in [5.41, 5.74) is 0. The molecule has 1 saturated carbocycles. The molecule has 4 unspecified atom stereocenters. The van der Waals surface area contributed by atoms with Crippen LogP contribution in [0.25, 0.3) is 0 Å². The zero-order chi connectivity index (χ0) is 9.46. The quantitative estimate of drug-likeness (QED) is 0.551. The van der Waals surface area contributed by atoms with Crippen molar-refractivity contribution >= 4 is 11.6 Å². The Hall–Kier alpha value is -0.660. The lowest BCUT2D eigenvalue weighted by molar-refractivity contribution is -0.144. The summed E-state index contributed by atoms with van der Waals surface area (Å²) in [5, 5.41) is 0. The fraction of sp³-hybridized carbons (Fsp3) is 0.800. The molecule has 0 N–H and O–H groups in total. The van der Waals surface area contributed by atoms with Crippen molar-refractivity contribution in [2.45, 2.75) is 27.7 Å². The van der Waals surface area contributed by atoms with Gasteiger partial charge in [0.05, 0.1) is 0 Å². The van der Waals surface area contributed by atoms with Gasteiger partial charge in [-0.2, -0.15) is 0 Å². The van der Waals surface area contributed by atoms with E-state index in [4.69, 9.17) is 0 Å². The highest BCUT2D eigenvalue weighted by Crippen LogP contribution is 2.31. The number of carbonyl (C=O) groups excluding carboxylic acids is 2. The Bertz CT molecular complexity index is 176. The molecule has 0 amide bonds. The maximum atomic E-state index is 11.5. The van der Waals surface area contributed by atoms with Gasteiger partial charge in [-0.25, -0.2) is 0 Å². The zero-order valence-corrected chi connectivity index (χ0v) is 8.13. The van der Waals surface area contributed by atoms with E-state index < -0.39 is 0 Å². The minimum Gasteiger partial charge on any atom is -0.299 e. The van der Waals surface area contributed by atoms with Crippen molar-refractivity contribution in [3.63, 3.8) is 0 Å². The van der Waals surface area contributed by atoms with Crippen LogP contribution >= 0.6 is 0 Å². The second-order valence-electron chi connectivity index (χ2n) is 3.96. The first-order valence-electron chi connectivity index (χ1n) is 4.54. The average molecular weight is 168 g/mol. The molecule has 1 rings (SSSR count). The highest BCUT2D eigenvalue weighted by atomic mass is 16.1. The molecular weight excluding hydrogens is 152 g/mol. The van der Waals surface area contributed by atoms with Gasteiger partial charge in [-0.1, -0.05) is 27.7 Å². The normalized spacial score (nSPS) is 43.3. The second-order valence-corrected chi connectivity index (χ2v) is 3.96. The molecule has 0 aromatic rings. The molecule has 1 aliphatic rings. The molecule has 0 heterocycles. The van der Waals surface area contributed by atoms with Gasteiger partial charge in [-0.05, 0) is 0 Å². The van der Waals surface area contributed by atoms with Crippen LogP contribution in [0, 0.1) is 23.7 Å². The topological polar surface area (TPSA) is 34.1 Å². The highest BCUT2D eigenvalue weighted by molar-refractivity contribution is 5.98. The summed E-state index contributed by atoms with van der Waals surface area (Å²) in [6, 6.07) is 0. The molecule has 0 bridgehead atoms. The van der Waals surface area contributed by atoms with E-state index in [9.17, 15) is 9.59 Å². The van der Waals surface area contributed by atoms with Crippen molar-refractivity contribution in [1.29, 1.82) is 0 Å². The summed E-state index contributed by atoms with van der Waals surface area (Å²) in [4.78, 5) is 23.1. The molecular formula is C10H16O2. The molecule has 0 aliphatic heterocycles. The Morgan fingerprint density at radius 1 is 0.667 bits per heavy atom. The van der Waals surface area contributed by atoms with Crippen LogP contribution in [0.1, 0.15) is 27.7 Å². The van der Waals surface area contributed by atoms with E-state index in [1.54, 1.807) is 0 Å². The van der Waals surface area contributed by atoms with E-state index in [1.807, 2.05) is 27.7 Å². The first kappa shape index (κ1) is 9.43. The van der Waals surface area contributed by atoms with Crippen molar-refractivity contribution in [2.75, 3.05) is 0 Å². The monoisotopic (exact) mass is 168 g/mol. The SMILES string of the molecule is CC1C(=O)C(C)C(C)C(=O)C1C. The summed E-state index contributed by atoms with van der Waals surface area (Å²) < 4.78 is 0. The van der Waals surface area contributed by atoms with E-state index in [2.05, 4.69) is 0 Å².